The van der Waals surface area contributed by atoms with Gasteiger partial charge >= 0.3 is 0 Å². The van der Waals surface area contributed by atoms with E-state index in [0.29, 0.717) is 0 Å². The van der Waals surface area contributed by atoms with Crippen LogP contribution in [0.3, 0.4) is 0 Å². The second-order valence-electron chi connectivity index (χ2n) is 22.9. The van der Waals surface area contributed by atoms with E-state index in [-0.39, 0.29) is 33.9 Å². The molecule has 0 saturated heterocycles. The molecule has 2 unspecified atom stereocenters. The molecule has 3 aliphatic heterocycles. The van der Waals surface area contributed by atoms with Crippen molar-refractivity contribution in [2.75, 3.05) is 9.80 Å². The van der Waals surface area contributed by atoms with Crippen molar-refractivity contribution in [2.24, 2.45) is 0 Å². The number of hydrogen-bond acceptors (Lipinski definition) is 2. The predicted octanol–water partition coefficient (Wildman–Crippen LogP) is 14.1. The topological polar surface area (TPSA) is 11.4 Å². The Morgan fingerprint density at radius 2 is 1.18 bits per heavy atom. The number of aromatic nitrogens is 1. The van der Waals surface area contributed by atoms with Crippen molar-refractivity contribution in [3.05, 3.63) is 173 Å². The molecule has 65 heavy (non-hydrogen) atoms. The van der Waals surface area contributed by atoms with Crippen LogP contribution in [0.25, 0.3) is 27.5 Å². The Bertz CT molecular complexity index is 3200. The average molecular weight is 848 g/mol. The lowest BCUT2D eigenvalue weighted by Crippen LogP contribution is -2.63. The van der Waals surface area contributed by atoms with Gasteiger partial charge in [0, 0.05) is 50.0 Å². The highest BCUT2D eigenvalue weighted by atomic mass is 15.3. The first-order valence-corrected chi connectivity index (χ1v) is 24.3. The van der Waals surface area contributed by atoms with Gasteiger partial charge in [-0.3, -0.25) is 0 Å². The van der Waals surface area contributed by atoms with Crippen molar-refractivity contribution in [3.8, 4) is 5.69 Å². The zero-order chi connectivity index (χ0) is 45.0. The Morgan fingerprint density at radius 1 is 0.554 bits per heavy atom. The monoisotopic (exact) mass is 848 g/mol. The van der Waals surface area contributed by atoms with Crippen LogP contribution in [0.15, 0.2) is 146 Å². The third-order valence-corrected chi connectivity index (χ3v) is 16.8. The van der Waals surface area contributed by atoms with E-state index in [1.165, 1.54) is 108 Å². The molecule has 0 spiro atoms. The minimum atomic E-state index is -0.278. The summed E-state index contributed by atoms with van der Waals surface area (Å²) in [5.74, 6) is 0. The standard InChI is InChI=1S/C61H62BN3/c1-57(2,3)39-28-31-51-45(34-39)53-55-48(60(9)32-20-21-33-61(60,10)65(55)43-26-18-13-19-27-43)38-50-56(53)64(51)52-36-40(58(4,5)6)35-47-54(52)62(50)49-30-29-44(37-46(49)59(47,7)8)63(41-22-14-11-15-23-41)42-24-16-12-17-25-42/h11-19,22-31,34-38H,20-21,32-33H2,1-10H3. The van der Waals surface area contributed by atoms with Crippen LogP contribution >= 0.6 is 0 Å². The van der Waals surface area contributed by atoms with Gasteiger partial charge in [0.1, 0.15) is 0 Å². The average Bonchev–Trinajstić information content (AvgIpc) is 3.73. The largest absolute Gasteiger partial charge is 0.334 e. The molecule has 4 heterocycles. The molecule has 0 N–H and O–H groups in total. The minimum Gasteiger partial charge on any atom is -0.334 e. The fraction of sp³-hybridized carbons (Fsp3) is 0.311. The molecule has 8 aromatic rings. The summed E-state index contributed by atoms with van der Waals surface area (Å²) in [6.45, 7) is 24.6. The van der Waals surface area contributed by atoms with Crippen molar-refractivity contribution in [2.45, 2.75) is 122 Å². The summed E-state index contributed by atoms with van der Waals surface area (Å²) in [7, 11) is 0. The van der Waals surface area contributed by atoms with E-state index in [1.54, 1.807) is 0 Å². The Hall–Kier alpha value is -6.00. The zero-order valence-electron chi connectivity index (χ0n) is 40.1. The van der Waals surface area contributed by atoms with Gasteiger partial charge in [0.05, 0.1) is 22.3 Å². The van der Waals surface area contributed by atoms with Gasteiger partial charge in [-0.05, 0) is 136 Å². The highest BCUT2D eigenvalue weighted by Crippen LogP contribution is 2.63. The van der Waals surface area contributed by atoms with Gasteiger partial charge in [-0.15, -0.1) is 0 Å². The smallest absolute Gasteiger partial charge is 0.247 e. The lowest BCUT2D eigenvalue weighted by Gasteiger charge is -2.50. The summed E-state index contributed by atoms with van der Waals surface area (Å²) in [5, 5.41) is 2.80. The van der Waals surface area contributed by atoms with Gasteiger partial charge in [-0.2, -0.15) is 0 Å². The van der Waals surface area contributed by atoms with Crippen LogP contribution in [0.1, 0.15) is 123 Å². The van der Waals surface area contributed by atoms with E-state index in [2.05, 4.69) is 229 Å². The maximum Gasteiger partial charge on any atom is 0.247 e. The maximum atomic E-state index is 2.83. The molecule has 12 rings (SSSR count). The van der Waals surface area contributed by atoms with Gasteiger partial charge in [-0.25, -0.2) is 0 Å². The van der Waals surface area contributed by atoms with E-state index < -0.39 is 0 Å². The first-order chi connectivity index (χ1) is 31.0. The quantitative estimate of drug-likeness (QED) is 0.164. The molecule has 0 bridgehead atoms. The van der Waals surface area contributed by atoms with Crippen molar-refractivity contribution in [1.82, 2.24) is 4.57 Å². The van der Waals surface area contributed by atoms with E-state index in [1.807, 2.05) is 0 Å². The van der Waals surface area contributed by atoms with Crippen LogP contribution in [-0.4, -0.2) is 16.8 Å². The Kier molecular flexibility index (Phi) is 8.44. The fourth-order valence-corrected chi connectivity index (χ4v) is 13.1. The Balaban J connectivity index is 1.24. The summed E-state index contributed by atoms with van der Waals surface area (Å²) in [6, 6.07) is 56.0. The molecule has 7 aromatic carbocycles. The minimum absolute atomic E-state index is 0.00136. The molecule has 4 aliphatic rings. The first kappa shape index (κ1) is 40.5. The SMILES string of the molecule is CC(C)(C)c1cc2c3c(c1)C(C)(C)c1cc(N(c4ccccc4)c4ccccc4)ccc1B3c1cc3c(c4c5cc(C(C)(C)C)ccc5n-2c14)N(c1ccccc1)C1(C)CCCCC31C. The highest BCUT2D eigenvalue weighted by molar-refractivity contribution is 6.99. The van der Waals surface area contributed by atoms with Crippen molar-refractivity contribution in [1.29, 1.82) is 0 Å². The summed E-state index contributed by atoms with van der Waals surface area (Å²) < 4.78 is 2.73. The lowest BCUT2D eigenvalue weighted by atomic mass is 9.30. The zero-order valence-corrected chi connectivity index (χ0v) is 40.1. The van der Waals surface area contributed by atoms with Gasteiger partial charge in [0.25, 0.3) is 0 Å². The number of fused-ring (bicyclic) bond motifs is 11. The molecule has 1 aromatic heterocycles. The molecule has 0 radical (unpaired) electrons. The summed E-state index contributed by atoms with van der Waals surface area (Å²) in [5.41, 5.74) is 21.4. The van der Waals surface area contributed by atoms with E-state index in [0.717, 1.165) is 17.8 Å². The molecular weight excluding hydrogens is 786 g/mol. The second-order valence-corrected chi connectivity index (χ2v) is 22.9. The van der Waals surface area contributed by atoms with E-state index in [9.17, 15) is 0 Å². The summed E-state index contributed by atoms with van der Waals surface area (Å²) in [6.07, 6.45) is 4.84. The molecular formula is C61H62BN3. The number of rotatable bonds is 4. The van der Waals surface area contributed by atoms with Gasteiger partial charge < -0.3 is 14.4 Å². The molecule has 1 fully saturated rings. The number of hydrogen-bond donors (Lipinski definition) is 0. The van der Waals surface area contributed by atoms with Crippen LogP contribution in [0.4, 0.5) is 28.4 Å². The van der Waals surface area contributed by atoms with Crippen LogP contribution in [-0.2, 0) is 21.7 Å². The Morgan fingerprint density at radius 3 is 1.83 bits per heavy atom. The molecule has 2 atom stereocenters. The van der Waals surface area contributed by atoms with Crippen LogP contribution in [0, 0.1) is 0 Å². The second kappa shape index (κ2) is 13.5. The van der Waals surface area contributed by atoms with E-state index in [4.69, 9.17) is 0 Å². The van der Waals surface area contributed by atoms with Gasteiger partial charge in [0.2, 0.25) is 6.71 Å². The van der Waals surface area contributed by atoms with Crippen LogP contribution in [0.5, 0.6) is 0 Å². The molecule has 1 saturated carbocycles. The van der Waals surface area contributed by atoms with Crippen LogP contribution < -0.4 is 26.2 Å². The maximum absolute atomic E-state index is 2.83. The third kappa shape index (κ3) is 5.49. The van der Waals surface area contributed by atoms with Gasteiger partial charge in [-0.1, -0.05) is 159 Å². The summed E-state index contributed by atoms with van der Waals surface area (Å²) in [4.78, 5) is 5.26. The van der Waals surface area contributed by atoms with E-state index >= 15 is 0 Å². The van der Waals surface area contributed by atoms with Crippen molar-refractivity contribution >= 4 is 73.3 Å². The summed E-state index contributed by atoms with van der Waals surface area (Å²) >= 11 is 0. The van der Waals surface area contributed by atoms with Crippen molar-refractivity contribution < 1.29 is 0 Å². The van der Waals surface area contributed by atoms with Crippen molar-refractivity contribution in [3.63, 3.8) is 0 Å². The number of anilines is 5. The molecule has 1 aliphatic carbocycles. The molecule has 4 heteroatoms. The highest BCUT2D eigenvalue weighted by Gasteiger charge is 2.59. The third-order valence-electron chi connectivity index (χ3n) is 16.8. The van der Waals surface area contributed by atoms with Gasteiger partial charge in [0.15, 0.2) is 0 Å². The Labute approximate surface area is 387 Å². The molecule has 324 valence electrons. The lowest BCUT2D eigenvalue weighted by molar-refractivity contribution is 0.195. The number of nitrogens with zero attached hydrogens (tertiary/aromatic N) is 3. The molecule has 0 amide bonds. The fourth-order valence-electron chi connectivity index (χ4n) is 13.1. The van der Waals surface area contributed by atoms with Crippen LogP contribution in [0.2, 0.25) is 0 Å². The molecule has 3 nitrogen and oxygen atoms in total. The normalized spacial score (nSPS) is 20.4. The predicted molar refractivity (Wildman–Crippen MR) is 279 cm³/mol. The number of benzene rings is 7. The first-order valence-electron chi connectivity index (χ1n) is 24.3. The number of para-hydroxylation sites is 3.